The number of rotatable bonds is 7. The van der Waals surface area contributed by atoms with Crippen molar-refractivity contribution in [2.45, 2.75) is 19.6 Å². The lowest BCUT2D eigenvalue weighted by atomic mass is 9.94. The van der Waals surface area contributed by atoms with Crippen molar-refractivity contribution in [1.29, 1.82) is 0 Å². The van der Waals surface area contributed by atoms with E-state index in [1.807, 2.05) is 30.3 Å². The van der Waals surface area contributed by atoms with Gasteiger partial charge in [0.25, 0.3) is 11.8 Å². The van der Waals surface area contributed by atoms with E-state index >= 15 is 0 Å². The van der Waals surface area contributed by atoms with Gasteiger partial charge in [-0.05, 0) is 53.4 Å². The number of aromatic nitrogens is 1. The summed E-state index contributed by atoms with van der Waals surface area (Å²) in [7, 11) is 6.68. The van der Waals surface area contributed by atoms with Crippen LogP contribution in [0.3, 0.4) is 0 Å². The third kappa shape index (κ3) is 4.65. The van der Waals surface area contributed by atoms with Crippen molar-refractivity contribution in [3.8, 4) is 11.5 Å². The molecular weight excluding hydrogens is 485 g/mol. The molecule has 2 amide bonds. The minimum atomic E-state index is -0.299. The van der Waals surface area contributed by atoms with Crippen LogP contribution in [0.2, 0.25) is 0 Å². The number of amides is 2. The highest BCUT2D eigenvalue weighted by Crippen LogP contribution is 2.41. The van der Waals surface area contributed by atoms with Crippen molar-refractivity contribution in [2.24, 2.45) is 0 Å². The Hall–Kier alpha value is -4.46. The lowest BCUT2D eigenvalue weighted by Gasteiger charge is -2.19. The zero-order valence-corrected chi connectivity index (χ0v) is 21.7. The van der Waals surface area contributed by atoms with Crippen LogP contribution in [0.15, 0.2) is 60.8 Å². The van der Waals surface area contributed by atoms with E-state index in [0.29, 0.717) is 46.3 Å². The Morgan fingerprint density at radius 2 is 1.74 bits per heavy atom. The average molecular weight is 514 g/mol. The van der Waals surface area contributed by atoms with Crippen LogP contribution in [0.4, 0.5) is 4.39 Å². The van der Waals surface area contributed by atoms with Crippen molar-refractivity contribution in [3.63, 3.8) is 0 Å². The monoisotopic (exact) mass is 513 g/mol. The molecule has 0 spiro atoms. The summed E-state index contributed by atoms with van der Waals surface area (Å²) in [6.07, 6.45) is 2.22. The zero-order chi connectivity index (χ0) is 27.0. The summed E-state index contributed by atoms with van der Waals surface area (Å²) in [5.41, 5.74) is 4.58. The molecule has 1 aromatic heterocycles. The number of hydrogen-bond donors (Lipinski definition) is 0. The Bertz CT molecular complexity index is 1530. The number of pyridine rings is 1. The van der Waals surface area contributed by atoms with E-state index in [-0.39, 0.29) is 24.2 Å². The topological polar surface area (TPSA) is 72.0 Å². The summed E-state index contributed by atoms with van der Waals surface area (Å²) in [6, 6.07) is 15.7. The zero-order valence-electron chi connectivity index (χ0n) is 21.7. The van der Waals surface area contributed by atoms with Gasteiger partial charge in [0.2, 0.25) is 0 Å². The Kier molecular flexibility index (Phi) is 6.72. The molecule has 0 saturated carbocycles. The van der Waals surface area contributed by atoms with Gasteiger partial charge in [-0.2, -0.15) is 0 Å². The number of benzene rings is 3. The molecule has 0 fully saturated rings. The van der Waals surface area contributed by atoms with Crippen molar-refractivity contribution in [3.05, 3.63) is 100.0 Å². The fraction of sp³-hybridized carbons (Fsp3) is 0.233. The van der Waals surface area contributed by atoms with Crippen molar-refractivity contribution in [1.82, 2.24) is 14.8 Å². The number of fused-ring (bicyclic) bond motifs is 2. The Balaban J connectivity index is 1.66. The van der Waals surface area contributed by atoms with Crippen molar-refractivity contribution in [2.75, 3.05) is 28.3 Å². The van der Waals surface area contributed by atoms with Crippen LogP contribution in [-0.4, -0.2) is 54.9 Å². The minimum Gasteiger partial charge on any atom is -0.497 e. The summed E-state index contributed by atoms with van der Waals surface area (Å²) in [6.45, 7) is 0.503. The quantitative estimate of drug-likeness (QED) is 0.354. The summed E-state index contributed by atoms with van der Waals surface area (Å²) in [4.78, 5) is 34.5. The number of methoxy groups -OCH3 is 1. The molecule has 0 aliphatic carbocycles. The van der Waals surface area contributed by atoms with Crippen LogP contribution in [0.25, 0.3) is 10.9 Å². The molecule has 7 nitrogen and oxygen atoms in total. The first-order valence-electron chi connectivity index (χ1n) is 12.2. The van der Waals surface area contributed by atoms with Crippen LogP contribution < -0.4 is 9.47 Å². The van der Waals surface area contributed by atoms with Crippen LogP contribution >= 0.6 is 0 Å². The lowest BCUT2D eigenvalue weighted by Crippen LogP contribution is -2.24. The molecule has 38 heavy (non-hydrogen) atoms. The fourth-order valence-corrected chi connectivity index (χ4v) is 4.73. The van der Waals surface area contributed by atoms with Crippen LogP contribution in [-0.2, 0) is 19.6 Å². The van der Waals surface area contributed by atoms with Gasteiger partial charge < -0.3 is 19.3 Å². The third-order valence-electron chi connectivity index (χ3n) is 6.70. The van der Waals surface area contributed by atoms with E-state index in [1.165, 1.54) is 17.0 Å². The van der Waals surface area contributed by atoms with Crippen molar-refractivity contribution < 1.29 is 23.5 Å². The predicted octanol–water partition coefficient (Wildman–Crippen LogP) is 4.84. The molecule has 3 aromatic carbocycles. The molecule has 0 unspecified atom stereocenters. The van der Waals surface area contributed by atoms with E-state index < -0.39 is 0 Å². The van der Waals surface area contributed by atoms with Gasteiger partial charge in [0.15, 0.2) is 5.75 Å². The van der Waals surface area contributed by atoms with Gasteiger partial charge in [0.05, 0.1) is 18.2 Å². The van der Waals surface area contributed by atoms with Crippen LogP contribution in [0, 0.1) is 5.82 Å². The van der Waals surface area contributed by atoms with E-state index in [2.05, 4.69) is 0 Å². The highest BCUT2D eigenvalue weighted by atomic mass is 19.1. The van der Waals surface area contributed by atoms with Crippen molar-refractivity contribution >= 4 is 22.7 Å². The average Bonchev–Trinajstić information content (AvgIpc) is 3.21. The molecule has 1 aliphatic rings. The Morgan fingerprint density at radius 1 is 1.05 bits per heavy atom. The van der Waals surface area contributed by atoms with E-state index in [0.717, 1.165) is 22.4 Å². The molecule has 0 radical (unpaired) electrons. The second kappa shape index (κ2) is 10.1. The molecule has 1 aliphatic heterocycles. The molecular formula is C30H28FN3O4. The number of halogens is 1. The summed E-state index contributed by atoms with van der Waals surface area (Å²) >= 11 is 0. The van der Waals surface area contributed by atoms with Gasteiger partial charge >= 0.3 is 0 Å². The van der Waals surface area contributed by atoms with Gasteiger partial charge in [-0.1, -0.05) is 24.3 Å². The SMILES string of the molecule is COc1ccc(COc2c3c(c(C(=O)N(C)C)c4cc(Cc5ccc(F)cc5)cnc24)CN(C)C3=O)cc1. The Morgan fingerprint density at radius 3 is 2.39 bits per heavy atom. The number of hydrogen-bond acceptors (Lipinski definition) is 5. The summed E-state index contributed by atoms with van der Waals surface area (Å²) in [5, 5.41) is 0.620. The van der Waals surface area contributed by atoms with Gasteiger partial charge in [0.1, 0.15) is 23.7 Å². The minimum absolute atomic E-state index is 0.211. The number of nitrogens with zero attached hydrogens (tertiary/aromatic N) is 3. The molecule has 0 atom stereocenters. The molecule has 8 heteroatoms. The maximum Gasteiger partial charge on any atom is 0.258 e. The first kappa shape index (κ1) is 25.2. The molecule has 4 aromatic rings. The maximum absolute atomic E-state index is 13.5. The summed E-state index contributed by atoms with van der Waals surface area (Å²) < 4.78 is 24.9. The largest absolute Gasteiger partial charge is 0.497 e. The van der Waals surface area contributed by atoms with Crippen LogP contribution in [0.5, 0.6) is 11.5 Å². The third-order valence-corrected chi connectivity index (χ3v) is 6.70. The molecule has 0 saturated heterocycles. The first-order valence-corrected chi connectivity index (χ1v) is 12.2. The normalized spacial score (nSPS) is 12.6. The molecule has 194 valence electrons. The summed E-state index contributed by atoms with van der Waals surface area (Å²) in [5.74, 6) is 0.378. The number of ether oxygens (including phenoxy) is 2. The molecule has 0 N–H and O–H groups in total. The predicted molar refractivity (Wildman–Crippen MR) is 142 cm³/mol. The fourth-order valence-electron chi connectivity index (χ4n) is 4.73. The highest BCUT2D eigenvalue weighted by molar-refractivity contribution is 6.15. The highest BCUT2D eigenvalue weighted by Gasteiger charge is 2.36. The molecule has 0 bridgehead atoms. The standard InChI is InChI=1S/C30H28FN3O4/c1-33(2)29(35)25-23-14-20(13-18-5-9-21(31)10-6-18)15-32-27(23)28(26-24(25)16-34(3)30(26)36)38-17-19-7-11-22(37-4)12-8-19/h5-12,14-15H,13,16-17H2,1-4H3. The number of carbonyl (C=O) groups is 2. The van der Waals surface area contributed by atoms with E-state index in [1.54, 1.807) is 51.5 Å². The number of carbonyl (C=O) groups excluding carboxylic acids is 2. The van der Waals surface area contributed by atoms with Gasteiger partial charge in [0, 0.05) is 44.8 Å². The smallest absolute Gasteiger partial charge is 0.258 e. The van der Waals surface area contributed by atoms with E-state index in [4.69, 9.17) is 14.5 Å². The second-order valence-corrected chi connectivity index (χ2v) is 9.60. The first-order chi connectivity index (χ1) is 18.3. The van der Waals surface area contributed by atoms with Gasteiger partial charge in [-0.25, -0.2) is 4.39 Å². The van der Waals surface area contributed by atoms with Gasteiger partial charge in [-0.15, -0.1) is 0 Å². The van der Waals surface area contributed by atoms with Gasteiger partial charge in [-0.3, -0.25) is 14.6 Å². The second-order valence-electron chi connectivity index (χ2n) is 9.60. The molecule has 2 heterocycles. The Labute approximate surface area is 220 Å². The van der Waals surface area contributed by atoms with Crippen LogP contribution in [0.1, 0.15) is 43.0 Å². The maximum atomic E-state index is 13.5. The van der Waals surface area contributed by atoms with E-state index in [9.17, 15) is 14.0 Å². The molecule has 5 rings (SSSR count). The lowest BCUT2D eigenvalue weighted by molar-refractivity contribution is 0.0805.